The lowest BCUT2D eigenvalue weighted by atomic mass is 10.1. The van der Waals surface area contributed by atoms with Crippen LogP contribution in [0.2, 0.25) is 5.02 Å². The van der Waals surface area contributed by atoms with Crippen molar-refractivity contribution in [1.82, 2.24) is 4.72 Å². The standard InChI is InChI=1S/C16H15ClN2O3S2/c17-11-3-6-15-13(9-11)14(7-8-23-15)19-24(21,22)12-4-1-10(2-5-12)16(18)20/h1-6,9,14,19H,7-8H2,(H2,18,20). The maximum atomic E-state index is 12.6. The SMILES string of the molecule is NC(=O)c1ccc(S(=O)(=O)NC2CCSc3ccc(Cl)cc32)cc1. The number of hydrogen-bond donors (Lipinski definition) is 2. The van der Waals surface area contributed by atoms with Gasteiger partial charge in [-0.1, -0.05) is 11.6 Å². The summed E-state index contributed by atoms with van der Waals surface area (Å²) in [6, 6.07) is 10.7. The van der Waals surface area contributed by atoms with Gasteiger partial charge in [-0.3, -0.25) is 4.79 Å². The summed E-state index contributed by atoms with van der Waals surface area (Å²) in [4.78, 5) is 12.2. The van der Waals surface area contributed by atoms with Crippen LogP contribution in [0.15, 0.2) is 52.3 Å². The Hall–Kier alpha value is -1.54. The van der Waals surface area contributed by atoms with E-state index in [-0.39, 0.29) is 16.5 Å². The highest BCUT2D eigenvalue weighted by Crippen LogP contribution is 2.38. The Morgan fingerprint density at radius 1 is 1.21 bits per heavy atom. The zero-order valence-corrected chi connectivity index (χ0v) is 14.9. The lowest BCUT2D eigenvalue weighted by Crippen LogP contribution is -2.30. The van der Waals surface area contributed by atoms with Crippen LogP contribution in [0.1, 0.15) is 28.4 Å². The summed E-state index contributed by atoms with van der Waals surface area (Å²) >= 11 is 7.73. The first-order valence-corrected chi connectivity index (χ1v) is 10.1. The van der Waals surface area contributed by atoms with E-state index in [2.05, 4.69) is 4.72 Å². The van der Waals surface area contributed by atoms with Crippen LogP contribution >= 0.6 is 23.4 Å². The molecule has 126 valence electrons. The monoisotopic (exact) mass is 382 g/mol. The number of amides is 1. The second-order valence-electron chi connectivity index (χ2n) is 5.38. The number of nitrogens with one attached hydrogen (secondary N) is 1. The molecular weight excluding hydrogens is 368 g/mol. The minimum atomic E-state index is -3.71. The van der Waals surface area contributed by atoms with Crippen LogP contribution in [-0.4, -0.2) is 20.1 Å². The molecule has 0 radical (unpaired) electrons. The normalized spacial score (nSPS) is 17.3. The summed E-state index contributed by atoms with van der Waals surface area (Å²) < 4.78 is 27.9. The van der Waals surface area contributed by atoms with Crippen LogP contribution in [0, 0.1) is 0 Å². The third kappa shape index (κ3) is 3.59. The second-order valence-corrected chi connectivity index (χ2v) is 8.67. The van der Waals surface area contributed by atoms with Gasteiger partial charge in [-0.25, -0.2) is 13.1 Å². The van der Waals surface area contributed by atoms with Gasteiger partial charge >= 0.3 is 0 Å². The molecule has 1 unspecified atom stereocenters. The fraction of sp³-hybridized carbons (Fsp3) is 0.188. The van der Waals surface area contributed by atoms with Gasteiger partial charge in [0.25, 0.3) is 0 Å². The molecule has 5 nitrogen and oxygen atoms in total. The lowest BCUT2D eigenvalue weighted by molar-refractivity contribution is 0.1000. The van der Waals surface area contributed by atoms with Crippen molar-refractivity contribution in [3.8, 4) is 0 Å². The van der Waals surface area contributed by atoms with Crippen LogP contribution in [-0.2, 0) is 10.0 Å². The van der Waals surface area contributed by atoms with Gasteiger partial charge in [0.2, 0.25) is 15.9 Å². The Bertz CT molecular complexity index is 883. The second kappa shape index (κ2) is 6.76. The average molecular weight is 383 g/mol. The van der Waals surface area contributed by atoms with Crippen LogP contribution in [0.25, 0.3) is 0 Å². The maximum Gasteiger partial charge on any atom is 0.248 e. The Morgan fingerprint density at radius 3 is 2.58 bits per heavy atom. The van der Waals surface area contributed by atoms with Crippen LogP contribution in [0.4, 0.5) is 0 Å². The van der Waals surface area contributed by atoms with Crippen LogP contribution in [0.5, 0.6) is 0 Å². The van der Waals surface area contributed by atoms with E-state index in [1.807, 2.05) is 6.07 Å². The molecule has 0 bridgehead atoms. The zero-order chi connectivity index (χ0) is 17.3. The number of carbonyl (C=O) groups excluding carboxylic acids is 1. The molecule has 1 atom stereocenters. The molecule has 1 heterocycles. The molecule has 3 rings (SSSR count). The highest BCUT2D eigenvalue weighted by Gasteiger charge is 2.26. The van der Waals surface area contributed by atoms with Crippen LogP contribution in [0.3, 0.4) is 0 Å². The first kappa shape index (κ1) is 17.3. The topological polar surface area (TPSA) is 89.3 Å². The van der Waals surface area contributed by atoms with E-state index in [0.29, 0.717) is 11.4 Å². The minimum Gasteiger partial charge on any atom is -0.366 e. The van der Waals surface area contributed by atoms with Crippen molar-refractivity contribution in [1.29, 1.82) is 0 Å². The molecule has 8 heteroatoms. The van der Waals surface area contributed by atoms with Gasteiger partial charge in [0.15, 0.2) is 0 Å². The fourth-order valence-electron chi connectivity index (χ4n) is 2.54. The molecule has 0 saturated carbocycles. The lowest BCUT2D eigenvalue weighted by Gasteiger charge is -2.26. The van der Waals surface area contributed by atoms with Gasteiger partial charge in [0.05, 0.1) is 4.90 Å². The average Bonchev–Trinajstić information content (AvgIpc) is 2.55. The van der Waals surface area contributed by atoms with E-state index in [1.165, 1.54) is 24.3 Å². The van der Waals surface area contributed by atoms with E-state index in [4.69, 9.17) is 17.3 Å². The van der Waals surface area contributed by atoms with Crippen molar-refractivity contribution in [2.75, 3.05) is 5.75 Å². The van der Waals surface area contributed by atoms with Gasteiger partial charge in [-0.2, -0.15) is 0 Å². The number of carbonyl (C=O) groups is 1. The number of thioether (sulfide) groups is 1. The Labute approximate surface area is 149 Å². The first-order valence-electron chi connectivity index (χ1n) is 7.21. The molecule has 0 aromatic heterocycles. The highest BCUT2D eigenvalue weighted by molar-refractivity contribution is 7.99. The number of primary amides is 1. The zero-order valence-electron chi connectivity index (χ0n) is 12.5. The van der Waals surface area contributed by atoms with Crippen molar-refractivity contribution >= 4 is 39.3 Å². The number of hydrogen-bond acceptors (Lipinski definition) is 4. The number of fused-ring (bicyclic) bond motifs is 1. The number of benzene rings is 2. The predicted octanol–water partition coefficient (Wildman–Crippen LogP) is 2.95. The molecule has 2 aromatic rings. The number of nitrogens with two attached hydrogens (primary N) is 1. The Balaban J connectivity index is 1.88. The third-order valence-electron chi connectivity index (χ3n) is 3.76. The molecule has 2 aromatic carbocycles. The van der Waals surface area contributed by atoms with E-state index in [9.17, 15) is 13.2 Å². The molecule has 24 heavy (non-hydrogen) atoms. The van der Waals surface area contributed by atoms with Gasteiger partial charge in [-0.15, -0.1) is 11.8 Å². The van der Waals surface area contributed by atoms with Gasteiger partial charge < -0.3 is 5.73 Å². The van der Waals surface area contributed by atoms with Crippen molar-refractivity contribution in [3.05, 3.63) is 58.6 Å². The van der Waals surface area contributed by atoms with Crippen molar-refractivity contribution < 1.29 is 13.2 Å². The third-order valence-corrected chi connectivity index (χ3v) is 6.60. The summed E-state index contributed by atoms with van der Waals surface area (Å²) in [5, 5.41) is 0.575. The summed E-state index contributed by atoms with van der Waals surface area (Å²) in [5.74, 6) is 0.224. The fourth-order valence-corrected chi connectivity index (χ4v) is 5.08. The summed E-state index contributed by atoms with van der Waals surface area (Å²) in [7, 11) is -3.71. The van der Waals surface area contributed by atoms with Crippen molar-refractivity contribution in [2.45, 2.75) is 22.3 Å². The van der Waals surface area contributed by atoms with Gasteiger partial charge in [-0.05, 0) is 60.2 Å². The molecule has 1 aliphatic rings. The first-order chi connectivity index (χ1) is 11.4. The molecule has 3 N–H and O–H groups in total. The molecule has 0 spiro atoms. The minimum absolute atomic E-state index is 0.0919. The summed E-state index contributed by atoms with van der Waals surface area (Å²) in [5.41, 5.74) is 6.32. The number of rotatable bonds is 4. The Kier molecular flexibility index (Phi) is 4.87. The molecule has 0 aliphatic carbocycles. The number of halogens is 1. The van der Waals surface area contributed by atoms with E-state index < -0.39 is 15.9 Å². The largest absolute Gasteiger partial charge is 0.366 e. The smallest absolute Gasteiger partial charge is 0.248 e. The van der Waals surface area contributed by atoms with Gasteiger partial charge in [0, 0.05) is 21.5 Å². The molecule has 0 fully saturated rings. The van der Waals surface area contributed by atoms with E-state index >= 15 is 0 Å². The predicted molar refractivity (Wildman–Crippen MR) is 94.8 cm³/mol. The molecule has 0 saturated heterocycles. The summed E-state index contributed by atoms with van der Waals surface area (Å²) in [6.07, 6.45) is 0.677. The Morgan fingerprint density at radius 2 is 1.92 bits per heavy atom. The highest BCUT2D eigenvalue weighted by atomic mass is 35.5. The van der Waals surface area contributed by atoms with Crippen molar-refractivity contribution in [2.24, 2.45) is 5.73 Å². The van der Waals surface area contributed by atoms with Crippen molar-refractivity contribution in [3.63, 3.8) is 0 Å². The molecular formula is C16H15ClN2O3S2. The molecule has 1 amide bonds. The summed E-state index contributed by atoms with van der Waals surface area (Å²) in [6.45, 7) is 0. The van der Waals surface area contributed by atoms with E-state index in [0.717, 1.165) is 16.2 Å². The van der Waals surface area contributed by atoms with E-state index in [1.54, 1.807) is 23.9 Å². The van der Waals surface area contributed by atoms with Crippen LogP contribution < -0.4 is 10.5 Å². The maximum absolute atomic E-state index is 12.6. The molecule has 1 aliphatic heterocycles. The van der Waals surface area contributed by atoms with Gasteiger partial charge in [0.1, 0.15) is 0 Å². The quantitative estimate of drug-likeness (QED) is 0.850. The number of sulfonamides is 1.